The Morgan fingerprint density at radius 1 is 0.793 bits per heavy atom. The molecular weight excluding hydrogens is 745 g/mol. The van der Waals surface area contributed by atoms with Crippen LogP contribution in [0.2, 0.25) is 0 Å². The van der Waals surface area contributed by atoms with Gasteiger partial charge in [-0.1, -0.05) is 73.7 Å². The molecule has 0 unspecified atom stereocenters. The molecule has 1 aromatic heterocycles. The molecule has 0 saturated carbocycles. The van der Waals surface area contributed by atoms with Crippen molar-refractivity contribution < 1.29 is 38.7 Å². The highest BCUT2D eigenvalue weighted by atomic mass is 16.4. The first-order valence-corrected chi connectivity index (χ1v) is 19.1. The van der Waals surface area contributed by atoms with E-state index < -0.39 is 72.1 Å². The van der Waals surface area contributed by atoms with Gasteiger partial charge in [0.25, 0.3) is 0 Å². The second-order valence-corrected chi connectivity index (χ2v) is 14.0. The Morgan fingerprint density at radius 2 is 1.45 bits per heavy atom. The molecule has 0 bridgehead atoms. The molecule has 4 atom stereocenters. The fourth-order valence-corrected chi connectivity index (χ4v) is 6.43. The van der Waals surface area contributed by atoms with Gasteiger partial charge in [0.2, 0.25) is 29.5 Å². The van der Waals surface area contributed by atoms with Gasteiger partial charge < -0.3 is 47.3 Å². The lowest BCUT2D eigenvalue weighted by molar-refractivity contribution is -0.146. The Kier molecular flexibility index (Phi) is 16.4. The number of hydrogen-bond donors (Lipinski definition) is 8. The molecule has 16 nitrogen and oxygen atoms in total. The predicted octanol–water partition coefficient (Wildman–Crippen LogP) is 2.90. The molecule has 1 heterocycles. The van der Waals surface area contributed by atoms with Gasteiger partial charge in [-0.05, 0) is 55.0 Å². The Bertz CT molecular complexity index is 2070. The largest absolute Gasteiger partial charge is 0.481 e. The van der Waals surface area contributed by atoms with Crippen LogP contribution in [0.15, 0.2) is 85.1 Å². The van der Waals surface area contributed by atoms with Crippen LogP contribution >= 0.6 is 0 Å². The first-order valence-electron chi connectivity index (χ1n) is 19.1. The second-order valence-electron chi connectivity index (χ2n) is 14.0. The number of carbonyl (C=O) groups excluding carboxylic acids is 6. The van der Waals surface area contributed by atoms with Gasteiger partial charge in [-0.15, -0.1) is 0 Å². The lowest BCUT2D eigenvalue weighted by atomic mass is 10.0. The Hall–Kier alpha value is -6.71. The molecule has 3 aromatic carbocycles. The van der Waals surface area contributed by atoms with Crippen LogP contribution in [-0.4, -0.2) is 94.3 Å². The number of nitrogens with one attached hydrogen (secondary N) is 6. The maximum Gasteiger partial charge on any atom is 0.319 e. The number of anilines is 1. The molecule has 0 aliphatic carbocycles. The van der Waals surface area contributed by atoms with E-state index >= 15 is 0 Å². The zero-order valence-electron chi connectivity index (χ0n) is 32.9. The highest BCUT2D eigenvalue weighted by Gasteiger charge is 2.35. The number of nitrogens with two attached hydrogens (primary N) is 1. The third kappa shape index (κ3) is 12.9. The molecule has 16 heteroatoms. The number of carboxylic acids is 1. The highest BCUT2D eigenvalue weighted by molar-refractivity contribution is 5.97. The number of benzene rings is 3. The SMILES string of the molecule is CCC(=O)N[C@@H](Cc1c[nH]c2ccccc12)C(=O)N[C@@H](CCCCNC(=O)Nc1ccccc1C)C(=O)N[C@@H](CC(=O)O)C(=O)N(C)[C@@H](Cc1ccccc1)C(N)=O. The monoisotopic (exact) mass is 796 g/mol. The number of H-pyrrole nitrogens is 1. The van der Waals surface area contributed by atoms with Gasteiger partial charge in [0.15, 0.2) is 0 Å². The fourth-order valence-electron chi connectivity index (χ4n) is 6.43. The van der Waals surface area contributed by atoms with Crippen LogP contribution in [0.1, 0.15) is 55.7 Å². The number of aliphatic carboxylic acids is 1. The van der Waals surface area contributed by atoms with Gasteiger partial charge >= 0.3 is 12.0 Å². The minimum Gasteiger partial charge on any atom is -0.481 e. The summed E-state index contributed by atoms with van der Waals surface area (Å²) in [6.07, 6.45) is 1.83. The van der Waals surface area contributed by atoms with Gasteiger partial charge in [0, 0.05) is 55.6 Å². The van der Waals surface area contributed by atoms with Gasteiger partial charge in [-0.2, -0.15) is 0 Å². The van der Waals surface area contributed by atoms with Crippen molar-refractivity contribution in [3.05, 3.63) is 102 Å². The zero-order chi connectivity index (χ0) is 42.2. The standard InChI is InChI=1S/C42H52N8O8/c1-4-36(51)46-33(23-28-25-45-31-19-11-9-17-29(28)31)40(56)47-32(20-12-13-21-44-42(58)49-30-18-10-8-14-26(30)2)39(55)48-34(24-37(52)53)41(57)50(3)35(38(43)54)22-27-15-6-5-7-16-27/h5-11,14-19,25,32-35,45H,4,12-13,20-24H2,1-3H3,(H2,43,54)(H,46,51)(H,47,56)(H,48,55)(H,52,53)(H2,44,49,58)/t32-,33-,34-,35-/m0/s1. The number of nitrogens with zero attached hydrogens (tertiary/aromatic N) is 1. The van der Waals surface area contributed by atoms with Crippen LogP contribution in [0.25, 0.3) is 10.9 Å². The van der Waals surface area contributed by atoms with E-state index in [1.165, 1.54) is 7.05 Å². The molecule has 4 rings (SSSR count). The summed E-state index contributed by atoms with van der Waals surface area (Å²) in [6, 6.07) is 17.9. The minimum atomic E-state index is -1.64. The number of amides is 7. The van der Waals surface area contributed by atoms with E-state index in [0.717, 1.165) is 26.9 Å². The number of para-hydroxylation sites is 2. The van der Waals surface area contributed by atoms with Crippen molar-refractivity contribution in [2.24, 2.45) is 5.73 Å². The molecule has 7 amide bonds. The summed E-state index contributed by atoms with van der Waals surface area (Å²) in [7, 11) is 1.30. The van der Waals surface area contributed by atoms with Gasteiger partial charge in [0.05, 0.1) is 6.42 Å². The molecule has 4 aromatic rings. The highest BCUT2D eigenvalue weighted by Crippen LogP contribution is 2.20. The van der Waals surface area contributed by atoms with Crippen molar-refractivity contribution in [3.63, 3.8) is 0 Å². The van der Waals surface area contributed by atoms with Crippen molar-refractivity contribution in [1.82, 2.24) is 31.2 Å². The Morgan fingerprint density at radius 3 is 2.14 bits per heavy atom. The Balaban J connectivity index is 1.53. The number of hydrogen-bond acceptors (Lipinski definition) is 7. The number of unbranched alkanes of at least 4 members (excludes halogenated alkanes) is 1. The molecule has 0 spiro atoms. The van der Waals surface area contributed by atoms with Crippen LogP contribution in [0, 0.1) is 6.92 Å². The molecule has 0 radical (unpaired) electrons. The first kappa shape index (κ1) is 44.0. The number of likely N-dealkylation sites (N-methyl/N-ethyl adjacent to an activating group) is 1. The summed E-state index contributed by atoms with van der Waals surface area (Å²) in [4.78, 5) is 95.7. The topological polar surface area (TPSA) is 245 Å². The van der Waals surface area contributed by atoms with Gasteiger partial charge in [-0.25, -0.2) is 4.79 Å². The second kappa shape index (κ2) is 21.6. The van der Waals surface area contributed by atoms with E-state index in [9.17, 15) is 38.7 Å². The van der Waals surface area contributed by atoms with Crippen LogP contribution < -0.4 is 32.3 Å². The van der Waals surface area contributed by atoms with E-state index in [4.69, 9.17) is 5.73 Å². The van der Waals surface area contributed by atoms with Crippen LogP contribution in [0.5, 0.6) is 0 Å². The maximum absolute atomic E-state index is 14.0. The van der Waals surface area contributed by atoms with Crippen LogP contribution in [0.3, 0.4) is 0 Å². The predicted molar refractivity (Wildman–Crippen MR) is 218 cm³/mol. The van der Waals surface area contributed by atoms with Crippen molar-refractivity contribution in [1.29, 1.82) is 0 Å². The molecule has 58 heavy (non-hydrogen) atoms. The fraction of sp³-hybridized carbons (Fsp3) is 0.357. The molecule has 9 N–H and O–H groups in total. The summed E-state index contributed by atoms with van der Waals surface area (Å²) in [5.74, 6) is -5.05. The quantitative estimate of drug-likeness (QED) is 0.0582. The maximum atomic E-state index is 14.0. The van der Waals surface area contributed by atoms with Crippen LogP contribution in [0.4, 0.5) is 10.5 Å². The zero-order valence-corrected chi connectivity index (χ0v) is 32.9. The van der Waals surface area contributed by atoms with E-state index in [1.54, 1.807) is 55.6 Å². The number of aromatic nitrogens is 1. The van der Waals surface area contributed by atoms with E-state index in [0.29, 0.717) is 24.1 Å². The third-order valence-electron chi connectivity index (χ3n) is 9.71. The van der Waals surface area contributed by atoms with E-state index in [2.05, 4.69) is 31.6 Å². The number of rotatable bonds is 21. The van der Waals surface area contributed by atoms with Crippen molar-refractivity contribution in [2.75, 3.05) is 18.9 Å². The summed E-state index contributed by atoms with van der Waals surface area (Å²) >= 11 is 0. The number of primary amides is 1. The average Bonchev–Trinajstić information content (AvgIpc) is 3.61. The van der Waals surface area contributed by atoms with Crippen LogP contribution in [-0.2, 0) is 41.6 Å². The molecule has 308 valence electrons. The molecule has 0 fully saturated rings. The molecule has 0 saturated heterocycles. The third-order valence-corrected chi connectivity index (χ3v) is 9.71. The average molecular weight is 797 g/mol. The summed E-state index contributed by atoms with van der Waals surface area (Å²) in [5, 5.41) is 24.1. The van der Waals surface area contributed by atoms with Crippen molar-refractivity contribution in [2.45, 2.75) is 83.0 Å². The molecular formula is C42H52N8O8. The lowest BCUT2D eigenvalue weighted by Gasteiger charge is -2.30. The molecule has 0 aliphatic rings. The molecule has 0 aliphatic heterocycles. The lowest BCUT2D eigenvalue weighted by Crippen LogP contribution is -2.59. The Labute approximate surface area is 336 Å². The number of urea groups is 1. The minimum absolute atomic E-state index is 0.0158. The van der Waals surface area contributed by atoms with Gasteiger partial charge in [0.1, 0.15) is 24.2 Å². The van der Waals surface area contributed by atoms with E-state index in [-0.39, 0.29) is 32.2 Å². The first-order chi connectivity index (χ1) is 27.8. The number of carbonyl (C=O) groups is 7. The number of aromatic amines is 1. The summed E-state index contributed by atoms with van der Waals surface area (Å²) in [5.41, 5.74) is 9.49. The number of aryl methyl sites for hydroxylation is 1. The van der Waals surface area contributed by atoms with E-state index in [1.807, 2.05) is 43.3 Å². The summed E-state index contributed by atoms with van der Waals surface area (Å²) < 4.78 is 0. The van der Waals surface area contributed by atoms with Crippen molar-refractivity contribution >= 4 is 58.1 Å². The number of carboxylic acid groups (broad SMARTS) is 1. The van der Waals surface area contributed by atoms with Gasteiger partial charge in [-0.3, -0.25) is 28.8 Å². The smallest absolute Gasteiger partial charge is 0.319 e. The normalized spacial score (nSPS) is 12.9. The summed E-state index contributed by atoms with van der Waals surface area (Å²) in [6.45, 7) is 3.72. The van der Waals surface area contributed by atoms with Crippen molar-refractivity contribution in [3.8, 4) is 0 Å². The number of fused-ring (bicyclic) bond motifs is 1.